The third-order valence-electron chi connectivity index (χ3n) is 5.11. The van der Waals surface area contributed by atoms with E-state index in [1.807, 2.05) is 41.1 Å². The zero-order valence-electron chi connectivity index (χ0n) is 14.9. The Morgan fingerprint density at radius 2 is 2.19 bits per heavy atom. The van der Waals surface area contributed by atoms with Crippen LogP contribution in [0.3, 0.4) is 0 Å². The molecule has 4 rings (SSSR count). The van der Waals surface area contributed by atoms with Gasteiger partial charge in [-0.1, -0.05) is 12.1 Å². The molecule has 134 valence electrons. The number of amides is 1. The summed E-state index contributed by atoms with van der Waals surface area (Å²) >= 11 is 0. The largest absolute Gasteiger partial charge is 0.348 e. The Hall–Kier alpha value is -2.73. The molecule has 1 amide bonds. The van der Waals surface area contributed by atoms with Gasteiger partial charge in [0.2, 0.25) is 5.82 Å². The molecule has 6 heteroatoms. The van der Waals surface area contributed by atoms with Gasteiger partial charge >= 0.3 is 0 Å². The number of nitrogens with one attached hydrogen (secondary N) is 1. The summed E-state index contributed by atoms with van der Waals surface area (Å²) in [4.78, 5) is 23.8. The Balaban J connectivity index is 1.40. The minimum Gasteiger partial charge on any atom is -0.348 e. The quantitative estimate of drug-likeness (QED) is 0.768. The number of hydrogen-bond donors (Lipinski definition) is 1. The van der Waals surface area contributed by atoms with E-state index in [1.54, 1.807) is 6.20 Å². The van der Waals surface area contributed by atoms with E-state index in [9.17, 15) is 4.79 Å². The summed E-state index contributed by atoms with van der Waals surface area (Å²) in [5, 5.41) is 3.07. The molecule has 3 aromatic heterocycles. The first-order valence-corrected chi connectivity index (χ1v) is 9.07. The number of carbonyl (C=O) groups is 1. The van der Waals surface area contributed by atoms with Crippen molar-refractivity contribution >= 4 is 11.4 Å². The number of imidazole rings is 1. The lowest BCUT2D eigenvalue weighted by Crippen LogP contribution is -2.40. The second-order valence-electron chi connectivity index (χ2n) is 6.82. The molecule has 0 saturated carbocycles. The predicted molar refractivity (Wildman–Crippen MR) is 99.9 cm³/mol. The number of rotatable bonds is 5. The molecular formula is C20H23N5O. The maximum absolute atomic E-state index is 12.6. The number of likely N-dealkylation sites (tertiary alicyclic amines) is 1. The minimum atomic E-state index is -0.128. The molecule has 0 radical (unpaired) electrons. The van der Waals surface area contributed by atoms with Crippen LogP contribution in [0.2, 0.25) is 0 Å². The summed E-state index contributed by atoms with van der Waals surface area (Å²) in [5.74, 6) is 0.308. The van der Waals surface area contributed by atoms with Gasteiger partial charge in [-0.2, -0.15) is 0 Å². The summed E-state index contributed by atoms with van der Waals surface area (Å²) in [6.07, 6.45) is 7.68. The molecule has 6 nitrogen and oxygen atoms in total. The van der Waals surface area contributed by atoms with Crippen LogP contribution in [-0.4, -0.2) is 44.3 Å². The Morgan fingerprint density at radius 3 is 3.08 bits per heavy atom. The van der Waals surface area contributed by atoms with Crippen molar-refractivity contribution in [3.63, 3.8) is 0 Å². The zero-order chi connectivity index (χ0) is 17.9. The van der Waals surface area contributed by atoms with Crippen LogP contribution in [0.5, 0.6) is 0 Å². The van der Waals surface area contributed by atoms with Gasteiger partial charge in [0.25, 0.3) is 5.91 Å². The van der Waals surface area contributed by atoms with Gasteiger partial charge in [-0.3, -0.25) is 19.1 Å². The fourth-order valence-electron chi connectivity index (χ4n) is 3.61. The van der Waals surface area contributed by atoms with Gasteiger partial charge in [0.05, 0.1) is 17.4 Å². The molecular weight excluding hydrogens is 326 g/mol. The van der Waals surface area contributed by atoms with Gasteiger partial charge in [-0.15, -0.1) is 0 Å². The van der Waals surface area contributed by atoms with E-state index >= 15 is 0 Å². The number of carbonyl (C=O) groups excluding carboxylic acids is 1. The molecule has 1 atom stereocenters. The molecule has 1 fully saturated rings. The van der Waals surface area contributed by atoms with E-state index in [2.05, 4.69) is 33.2 Å². The molecule has 0 spiro atoms. The molecule has 1 unspecified atom stereocenters. The van der Waals surface area contributed by atoms with Gasteiger partial charge in [-0.05, 0) is 50.1 Å². The number of aromatic nitrogens is 3. The highest BCUT2D eigenvalue weighted by molar-refractivity contribution is 5.91. The maximum Gasteiger partial charge on any atom is 0.287 e. The Labute approximate surface area is 152 Å². The predicted octanol–water partition coefficient (Wildman–Crippen LogP) is 2.43. The normalized spacial score (nSPS) is 17.7. The molecule has 1 N–H and O–H groups in total. The number of pyridine rings is 2. The second-order valence-corrected chi connectivity index (χ2v) is 6.82. The molecule has 26 heavy (non-hydrogen) atoms. The summed E-state index contributed by atoms with van der Waals surface area (Å²) in [7, 11) is 0. The second kappa shape index (κ2) is 7.25. The van der Waals surface area contributed by atoms with Gasteiger partial charge in [0, 0.05) is 31.5 Å². The van der Waals surface area contributed by atoms with Crippen LogP contribution in [0.25, 0.3) is 5.52 Å². The number of nitrogens with zero attached hydrogens (tertiary/aromatic N) is 4. The van der Waals surface area contributed by atoms with Crippen LogP contribution in [0.1, 0.15) is 34.7 Å². The van der Waals surface area contributed by atoms with Crippen molar-refractivity contribution < 1.29 is 4.79 Å². The van der Waals surface area contributed by atoms with Gasteiger partial charge in [0.15, 0.2) is 0 Å². The van der Waals surface area contributed by atoms with E-state index in [0.717, 1.165) is 37.1 Å². The lowest BCUT2D eigenvalue weighted by molar-refractivity contribution is 0.0928. The number of aryl methyl sites for hydroxylation is 1. The van der Waals surface area contributed by atoms with Crippen LogP contribution in [0, 0.1) is 6.92 Å². The number of hydrogen-bond acceptors (Lipinski definition) is 4. The lowest BCUT2D eigenvalue weighted by Gasteiger charge is -2.24. The Bertz CT molecular complexity index is 919. The third-order valence-corrected chi connectivity index (χ3v) is 5.11. The zero-order valence-corrected chi connectivity index (χ0v) is 14.9. The van der Waals surface area contributed by atoms with Crippen molar-refractivity contribution in [2.75, 3.05) is 13.1 Å². The van der Waals surface area contributed by atoms with Crippen molar-refractivity contribution in [3.8, 4) is 0 Å². The van der Waals surface area contributed by atoms with E-state index < -0.39 is 0 Å². The SMILES string of the molecule is Cc1cccnc1CN1CCCC1CNC(=O)c1ncc2ccccn12. The summed E-state index contributed by atoms with van der Waals surface area (Å²) in [5.41, 5.74) is 3.25. The summed E-state index contributed by atoms with van der Waals surface area (Å²) < 4.78 is 1.82. The van der Waals surface area contributed by atoms with Crippen LogP contribution >= 0.6 is 0 Å². The minimum absolute atomic E-state index is 0.128. The third kappa shape index (κ3) is 3.32. The first-order valence-electron chi connectivity index (χ1n) is 9.07. The first kappa shape index (κ1) is 16.7. The van der Waals surface area contributed by atoms with E-state index in [-0.39, 0.29) is 5.91 Å². The molecule has 1 aliphatic rings. The van der Waals surface area contributed by atoms with Crippen molar-refractivity contribution in [1.29, 1.82) is 0 Å². The molecule has 1 saturated heterocycles. The molecule has 0 aromatic carbocycles. The highest BCUT2D eigenvalue weighted by atomic mass is 16.2. The van der Waals surface area contributed by atoms with E-state index in [4.69, 9.17) is 0 Å². The molecule has 3 aromatic rings. The standard InChI is InChI=1S/C20H23N5O/c1-15-6-4-9-21-18(15)14-24-10-5-8-16(24)12-23-20(26)19-22-13-17-7-2-3-11-25(17)19/h2-4,6-7,9,11,13,16H,5,8,10,12,14H2,1H3,(H,23,26). The fourth-order valence-corrected chi connectivity index (χ4v) is 3.61. The van der Waals surface area contributed by atoms with Crippen molar-refractivity contribution in [2.24, 2.45) is 0 Å². The number of fused-ring (bicyclic) bond motifs is 1. The fraction of sp³-hybridized carbons (Fsp3) is 0.350. The highest BCUT2D eigenvalue weighted by Gasteiger charge is 2.26. The van der Waals surface area contributed by atoms with Gasteiger partial charge in [-0.25, -0.2) is 4.98 Å². The van der Waals surface area contributed by atoms with Crippen LogP contribution < -0.4 is 5.32 Å². The van der Waals surface area contributed by atoms with E-state index in [1.165, 1.54) is 5.56 Å². The first-order chi connectivity index (χ1) is 12.7. The molecule has 0 aliphatic carbocycles. The molecule has 4 heterocycles. The summed E-state index contributed by atoms with van der Waals surface area (Å²) in [6, 6.07) is 10.2. The monoisotopic (exact) mass is 349 g/mol. The molecule has 1 aliphatic heterocycles. The highest BCUT2D eigenvalue weighted by Crippen LogP contribution is 2.20. The average Bonchev–Trinajstić information content (AvgIpc) is 3.28. The lowest BCUT2D eigenvalue weighted by atomic mass is 10.2. The summed E-state index contributed by atoms with van der Waals surface area (Å²) in [6.45, 7) is 4.60. The average molecular weight is 349 g/mol. The van der Waals surface area contributed by atoms with Crippen LogP contribution in [0.4, 0.5) is 0 Å². The topological polar surface area (TPSA) is 62.5 Å². The smallest absolute Gasteiger partial charge is 0.287 e. The van der Waals surface area contributed by atoms with Crippen molar-refractivity contribution in [3.05, 3.63) is 66.0 Å². The van der Waals surface area contributed by atoms with E-state index in [0.29, 0.717) is 18.4 Å². The Morgan fingerprint density at radius 1 is 1.27 bits per heavy atom. The van der Waals surface area contributed by atoms with Gasteiger partial charge < -0.3 is 5.32 Å². The van der Waals surface area contributed by atoms with Gasteiger partial charge in [0.1, 0.15) is 0 Å². The van der Waals surface area contributed by atoms with Crippen molar-refractivity contribution in [2.45, 2.75) is 32.4 Å². The maximum atomic E-state index is 12.6. The van der Waals surface area contributed by atoms with Crippen LogP contribution in [0.15, 0.2) is 48.9 Å². The van der Waals surface area contributed by atoms with Crippen LogP contribution in [-0.2, 0) is 6.54 Å². The Kier molecular flexibility index (Phi) is 4.67. The molecule has 0 bridgehead atoms. The van der Waals surface area contributed by atoms with Crippen molar-refractivity contribution in [1.82, 2.24) is 24.6 Å².